The maximum atomic E-state index is 6.29. The molecule has 1 N–H and O–H groups in total. The van der Waals surface area contributed by atoms with Gasteiger partial charge in [0.05, 0.1) is 21.7 Å². The van der Waals surface area contributed by atoms with Crippen LogP contribution in [-0.2, 0) is 0 Å². The van der Waals surface area contributed by atoms with Gasteiger partial charge in [0, 0.05) is 9.50 Å². The van der Waals surface area contributed by atoms with E-state index in [1.54, 1.807) is 0 Å². The number of hydrogen-bond donors (Lipinski definition) is 1. The van der Waals surface area contributed by atoms with Crippen LogP contribution in [0.2, 0.25) is 10.0 Å². The molecule has 0 aliphatic carbocycles. The molecule has 0 aliphatic heterocycles. The molecule has 0 atom stereocenters. The maximum Gasteiger partial charge on any atom is 0.182 e. The fourth-order valence-corrected chi connectivity index (χ4v) is 3.21. The van der Waals surface area contributed by atoms with Crippen molar-refractivity contribution in [2.24, 2.45) is 0 Å². The molecule has 1 aromatic heterocycles. The zero-order valence-electron chi connectivity index (χ0n) is 9.45. The van der Waals surface area contributed by atoms with E-state index in [0.717, 1.165) is 21.2 Å². The van der Waals surface area contributed by atoms with Gasteiger partial charge in [0.2, 0.25) is 0 Å². The molecule has 0 aliphatic rings. The number of imidazole rings is 1. The number of rotatable bonds is 1. The molecular formula is C13H7BrCl2N2S. The van der Waals surface area contributed by atoms with Crippen molar-refractivity contribution in [1.82, 2.24) is 9.55 Å². The molecule has 19 heavy (non-hydrogen) atoms. The highest BCUT2D eigenvalue weighted by atomic mass is 79.9. The van der Waals surface area contributed by atoms with Gasteiger partial charge in [0.1, 0.15) is 0 Å². The second kappa shape index (κ2) is 4.94. The van der Waals surface area contributed by atoms with Gasteiger partial charge in [-0.25, -0.2) is 0 Å². The summed E-state index contributed by atoms with van der Waals surface area (Å²) in [6, 6.07) is 11.3. The van der Waals surface area contributed by atoms with Gasteiger partial charge < -0.3 is 4.98 Å². The highest BCUT2D eigenvalue weighted by Crippen LogP contribution is 2.29. The summed E-state index contributed by atoms with van der Waals surface area (Å²) in [5.74, 6) is 0. The topological polar surface area (TPSA) is 20.7 Å². The largest absolute Gasteiger partial charge is 0.330 e. The van der Waals surface area contributed by atoms with Crippen LogP contribution in [0.4, 0.5) is 0 Å². The van der Waals surface area contributed by atoms with Gasteiger partial charge >= 0.3 is 0 Å². The Labute approximate surface area is 133 Å². The molecule has 0 fully saturated rings. The van der Waals surface area contributed by atoms with E-state index in [0.29, 0.717) is 14.8 Å². The Morgan fingerprint density at radius 1 is 1.11 bits per heavy atom. The van der Waals surface area contributed by atoms with E-state index in [-0.39, 0.29) is 0 Å². The molecule has 2 nitrogen and oxygen atoms in total. The molecule has 0 bridgehead atoms. The molecule has 0 radical (unpaired) electrons. The summed E-state index contributed by atoms with van der Waals surface area (Å²) in [6.07, 6.45) is 0. The fraction of sp³-hybridized carbons (Fsp3) is 0. The second-order valence-corrected chi connectivity index (χ2v) is 6.17. The molecule has 6 heteroatoms. The molecule has 0 spiro atoms. The third kappa shape index (κ3) is 2.34. The van der Waals surface area contributed by atoms with Crippen molar-refractivity contribution in [2.75, 3.05) is 0 Å². The normalized spacial score (nSPS) is 11.1. The molecular weight excluding hydrogens is 367 g/mol. The second-order valence-electron chi connectivity index (χ2n) is 4.02. The first kappa shape index (κ1) is 13.2. The number of halogens is 3. The quantitative estimate of drug-likeness (QED) is 0.538. The lowest BCUT2D eigenvalue weighted by Crippen LogP contribution is -1.95. The molecule has 0 amide bonds. The number of nitrogens with zero attached hydrogens (tertiary/aromatic N) is 1. The van der Waals surface area contributed by atoms with Crippen LogP contribution in [0.3, 0.4) is 0 Å². The van der Waals surface area contributed by atoms with E-state index in [1.807, 2.05) is 41.0 Å². The minimum absolute atomic E-state index is 0.585. The lowest BCUT2D eigenvalue weighted by atomic mass is 10.3. The minimum atomic E-state index is 0.585. The van der Waals surface area contributed by atoms with Gasteiger partial charge in [-0.3, -0.25) is 4.57 Å². The van der Waals surface area contributed by atoms with Crippen LogP contribution >= 0.6 is 51.3 Å². The van der Waals surface area contributed by atoms with Crippen LogP contribution in [0.5, 0.6) is 0 Å². The Morgan fingerprint density at radius 2 is 1.89 bits per heavy atom. The minimum Gasteiger partial charge on any atom is -0.330 e. The maximum absolute atomic E-state index is 6.29. The van der Waals surface area contributed by atoms with E-state index in [9.17, 15) is 0 Å². The van der Waals surface area contributed by atoms with Gasteiger partial charge in [-0.2, -0.15) is 0 Å². The van der Waals surface area contributed by atoms with Crippen LogP contribution < -0.4 is 0 Å². The van der Waals surface area contributed by atoms with Crippen molar-refractivity contribution in [2.45, 2.75) is 0 Å². The number of aromatic nitrogens is 2. The Balaban J connectivity index is 2.38. The summed E-state index contributed by atoms with van der Waals surface area (Å²) in [5, 5.41) is 1.27. The third-order valence-electron chi connectivity index (χ3n) is 2.80. The zero-order valence-corrected chi connectivity index (χ0v) is 13.4. The standard InChI is InChI=1S/C13H7BrCl2N2S/c14-7-1-4-11(9(16)5-7)18-12-6-8(15)2-3-10(12)17-13(18)19/h1-6H,(H,17,19). The first-order valence-corrected chi connectivity index (χ1v) is 7.38. The van der Waals surface area contributed by atoms with Crippen molar-refractivity contribution in [3.8, 4) is 5.69 Å². The molecule has 0 unspecified atom stereocenters. The van der Waals surface area contributed by atoms with Crippen molar-refractivity contribution in [3.05, 3.63) is 55.7 Å². The highest BCUT2D eigenvalue weighted by Gasteiger charge is 2.10. The number of hydrogen-bond acceptors (Lipinski definition) is 1. The SMILES string of the molecule is S=c1[nH]c2ccc(Cl)cc2n1-c1ccc(Br)cc1Cl. The molecule has 0 saturated heterocycles. The first-order chi connectivity index (χ1) is 9.06. The van der Waals surface area contributed by atoms with Gasteiger partial charge in [0.25, 0.3) is 0 Å². The number of nitrogens with one attached hydrogen (secondary N) is 1. The third-order valence-corrected chi connectivity index (χ3v) is 4.11. The first-order valence-electron chi connectivity index (χ1n) is 5.42. The summed E-state index contributed by atoms with van der Waals surface area (Å²) in [4.78, 5) is 3.14. The summed E-state index contributed by atoms with van der Waals surface area (Å²) < 4.78 is 3.39. The van der Waals surface area contributed by atoms with Crippen LogP contribution in [0.1, 0.15) is 0 Å². The Bertz CT molecular complexity index is 838. The number of H-pyrrole nitrogens is 1. The average molecular weight is 374 g/mol. The van der Waals surface area contributed by atoms with E-state index >= 15 is 0 Å². The van der Waals surface area contributed by atoms with E-state index in [4.69, 9.17) is 35.4 Å². The smallest absolute Gasteiger partial charge is 0.182 e. The zero-order chi connectivity index (χ0) is 13.6. The van der Waals surface area contributed by atoms with Gasteiger partial charge in [-0.1, -0.05) is 39.1 Å². The molecule has 0 saturated carbocycles. The molecule has 3 rings (SSSR count). The van der Waals surface area contributed by atoms with Crippen LogP contribution in [0.15, 0.2) is 40.9 Å². The van der Waals surface area contributed by atoms with Crippen molar-refractivity contribution < 1.29 is 0 Å². The van der Waals surface area contributed by atoms with Crippen LogP contribution in [0, 0.1) is 4.77 Å². The predicted molar refractivity (Wildman–Crippen MR) is 86.2 cm³/mol. The highest BCUT2D eigenvalue weighted by molar-refractivity contribution is 9.10. The van der Waals surface area contributed by atoms with Crippen molar-refractivity contribution >= 4 is 62.4 Å². The Hall–Kier alpha value is -0.810. The lowest BCUT2D eigenvalue weighted by molar-refractivity contribution is 1.06. The van der Waals surface area contributed by atoms with E-state index < -0.39 is 0 Å². The monoisotopic (exact) mass is 372 g/mol. The van der Waals surface area contributed by atoms with Crippen LogP contribution in [-0.4, -0.2) is 9.55 Å². The molecule has 3 aromatic rings. The Kier molecular flexibility index (Phi) is 3.43. The summed E-state index contributed by atoms with van der Waals surface area (Å²) >= 11 is 21.1. The fourth-order valence-electron chi connectivity index (χ4n) is 1.98. The Morgan fingerprint density at radius 3 is 2.63 bits per heavy atom. The van der Waals surface area contributed by atoms with Crippen LogP contribution in [0.25, 0.3) is 16.7 Å². The van der Waals surface area contributed by atoms with Gasteiger partial charge in [0.15, 0.2) is 4.77 Å². The van der Waals surface area contributed by atoms with Crippen molar-refractivity contribution in [1.29, 1.82) is 0 Å². The average Bonchev–Trinajstić information content (AvgIpc) is 2.65. The van der Waals surface area contributed by atoms with E-state index in [1.165, 1.54) is 0 Å². The summed E-state index contributed by atoms with van der Waals surface area (Å²) in [7, 11) is 0. The van der Waals surface area contributed by atoms with Gasteiger partial charge in [-0.15, -0.1) is 0 Å². The molecule has 1 heterocycles. The van der Waals surface area contributed by atoms with Crippen molar-refractivity contribution in [3.63, 3.8) is 0 Å². The van der Waals surface area contributed by atoms with E-state index in [2.05, 4.69) is 20.9 Å². The number of fused-ring (bicyclic) bond motifs is 1. The summed E-state index contributed by atoms with van der Waals surface area (Å²) in [6.45, 7) is 0. The predicted octanol–water partition coefficient (Wildman–Crippen LogP) is 5.76. The number of benzene rings is 2. The number of aromatic amines is 1. The molecule has 96 valence electrons. The summed E-state index contributed by atoms with van der Waals surface area (Å²) in [5.41, 5.74) is 2.65. The van der Waals surface area contributed by atoms with Gasteiger partial charge in [-0.05, 0) is 48.6 Å². The molecule has 2 aromatic carbocycles. The lowest BCUT2D eigenvalue weighted by Gasteiger charge is -2.07.